The van der Waals surface area contributed by atoms with Crippen molar-refractivity contribution in [3.63, 3.8) is 0 Å². The number of ketones is 1. The predicted molar refractivity (Wildman–Crippen MR) is 111 cm³/mol. The molecule has 2 aromatic rings. The Morgan fingerprint density at radius 2 is 1.79 bits per heavy atom. The number of aryl methyl sites for hydroxylation is 1. The van der Waals surface area contributed by atoms with Crippen molar-refractivity contribution in [2.75, 3.05) is 5.32 Å². The quantitative estimate of drug-likeness (QED) is 0.796. The van der Waals surface area contributed by atoms with Gasteiger partial charge in [-0.25, -0.2) is 4.39 Å². The SMILES string of the molecule is CC1=C(C(=O)Nc2ccc(F)cc2)[C@@H](c2ccccc2C)C2=C(CCCC2=O)N1. The number of rotatable bonds is 3. The maximum absolute atomic E-state index is 13.3. The molecule has 0 bridgehead atoms. The summed E-state index contributed by atoms with van der Waals surface area (Å²) in [7, 11) is 0. The van der Waals surface area contributed by atoms with Gasteiger partial charge in [0.05, 0.1) is 0 Å². The lowest BCUT2D eigenvalue weighted by atomic mass is 9.74. The van der Waals surface area contributed by atoms with Crippen molar-refractivity contribution in [3.8, 4) is 0 Å². The van der Waals surface area contributed by atoms with Crippen LogP contribution >= 0.6 is 0 Å². The van der Waals surface area contributed by atoms with Gasteiger partial charge < -0.3 is 10.6 Å². The van der Waals surface area contributed by atoms with Crippen molar-refractivity contribution in [2.45, 2.75) is 39.0 Å². The van der Waals surface area contributed by atoms with Crippen molar-refractivity contribution >= 4 is 17.4 Å². The summed E-state index contributed by atoms with van der Waals surface area (Å²) < 4.78 is 13.2. The molecule has 0 unspecified atom stereocenters. The second-order valence-corrected chi connectivity index (χ2v) is 7.58. The number of anilines is 1. The molecular formula is C24H23FN2O2. The molecule has 4 rings (SSSR count). The molecule has 0 saturated heterocycles. The van der Waals surface area contributed by atoms with Crippen LogP contribution in [0.1, 0.15) is 43.2 Å². The zero-order valence-electron chi connectivity index (χ0n) is 16.5. The van der Waals surface area contributed by atoms with Gasteiger partial charge in [0.2, 0.25) is 0 Å². The summed E-state index contributed by atoms with van der Waals surface area (Å²) in [6, 6.07) is 13.5. The highest BCUT2D eigenvalue weighted by Gasteiger charge is 2.38. The summed E-state index contributed by atoms with van der Waals surface area (Å²) >= 11 is 0. The van der Waals surface area contributed by atoms with Gasteiger partial charge in [-0.05, 0) is 62.1 Å². The lowest BCUT2D eigenvalue weighted by Crippen LogP contribution is -2.35. The van der Waals surface area contributed by atoms with E-state index in [-0.39, 0.29) is 17.5 Å². The van der Waals surface area contributed by atoms with Crippen LogP contribution in [0.5, 0.6) is 0 Å². The first-order valence-electron chi connectivity index (χ1n) is 9.82. The molecule has 1 atom stereocenters. The smallest absolute Gasteiger partial charge is 0.254 e. The molecule has 0 radical (unpaired) electrons. The first-order chi connectivity index (χ1) is 14.0. The average molecular weight is 390 g/mol. The summed E-state index contributed by atoms with van der Waals surface area (Å²) in [5.74, 6) is -0.981. The number of halogens is 1. The molecule has 0 saturated carbocycles. The second-order valence-electron chi connectivity index (χ2n) is 7.58. The van der Waals surface area contributed by atoms with E-state index in [1.165, 1.54) is 24.3 Å². The van der Waals surface area contributed by atoms with E-state index < -0.39 is 5.92 Å². The third-order valence-electron chi connectivity index (χ3n) is 5.62. The summed E-state index contributed by atoms with van der Waals surface area (Å²) in [6.45, 7) is 3.86. The van der Waals surface area contributed by atoms with Crippen LogP contribution in [0.4, 0.5) is 10.1 Å². The van der Waals surface area contributed by atoms with Crippen LogP contribution in [0.2, 0.25) is 0 Å². The highest BCUT2D eigenvalue weighted by atomic mass is 19.1. The van der Waals surface area contributed by atoms with Gasteiger partial charge in [0.25, 0.3) is 5.91 Å². The van der Waals surface area contributed by atoms with Gasteiger partial charge >= 0.3 is 0 Å². The van der Waals surface area contributed by atoms with Crippen LogP contribution in [-0.2, 0) is 9.59 Å². The van der Waals surface area contributed by atoms with E-state index in [1.807, 2.05) is 38.1 Å². The molecule has 2 aliphatic rings. The van der Waals surface area contributed by atoms with E-state index >= 15 is 0 Å². The van der Waals surface area contributed by atoms with Crippen molar-refractivity contribution in [1.29, 1.82) is 0 Å². The molecule has 2 N–H and O–H groups in total. The Bertz CT molecular complexity index is 1050. The number of hydrogen-bond acceptors (Lipinski definition) is 3. The Balaban J connectivity index is 1.80. The third kappa shape index (κ3) is 3.60. The van der Waals surface area contributed by atoms with E-state index in [2.05, 4.69) is 10.6 Å². The maximum atomic E-state index is 13.3. The first kappa shape index (κ1) is 19.1. The molecule has 1 amide bonds. The molecule has 0 spiro atoms. The number of carbonyl (C=O) groups excluding carboxylic acids is 2. The number of allylic oxidation sites excluding steroid dienone is 3. The Kier molecular flexibility index (Phi) is 5.05. The van der Waals surface area contributed by atoms with Crippen molar-refractivity contribution in [1.82, 2.24) is 5.32 Å². The van der Waals surface area contributed by atoms with E-state index in [4.69, 9.17) is 0 Å². The Labute approximate surface area is 169 Å². The number of Topliss-reactive ketones (excluding diaryl/α,β-unsaturated/α-hetero) is 1. The molecule has 29 heavy (non-hydrogen) atoms. The van der Waals surface area contributed by atoms with Gasteiger partial charge in [-0.1, -0.05) is 24.3 Å². The van der Waals surface area contributed by atoms with Gasteiger partial charge in [0.1, 0.15) is 5.82 Å². The zero-order valence-corrected chi connectivity index (χ0v) is 16.5. The normalized spacial score (nSPS) is 19.0. The maximum Gasteiger partial charge on any atom is 0.254 e. The molecule has 1 aliphatic carbocycles. The highest BCUT2D eigenvalue weighted by Crippen LogP contribution is 2.43. The van der Waals surface area contributed by atoms with Crippen molar-refractivity contribution in [2.24, 2.45) is 0 Å². The third-order valence-corrected chi connectivity index (χ3v) is 5.62. The fourth-order valence-corrected chi connectivity index (χ4v) is 4.24. The largest absolute Gasteiger partial charge is 0.362 e. The molecular weight excluding hydrogens is 367 g/mol. The van der Waals surface area contributed by atoms with Gasteiger partial charge in [-0.3, -0.25) is 9.59 Å². The minimum atomic E-state index is -0.416. The van der Waals surface area contributed by atoms with Crippen LogP contribution in [0.3, 0.4) is 0 Å². The van der Waals surface area contributed by atoms with Crippen LogP contribution < -0.4 is 10.6 Å². The number of nitrogens with one attached hydrogen (secondary N) is 2. The molecule has 2 aromatic carbocycles. The Morgan fingerprint density at radius 3 is 2.52 bits per heavy atom. The van der Waals surface area contributed by atoms with Crippen molar-refractivity contribution < 1.29 is 14.0 Å². The Morgan fingerprint density at radius 1 is 1.07 bits per heavy atom. The highest BCUT2D eigenvalue weighted by molar-refractivity contribution is 6.09. The van der Waals surface area contributed by atoms with Crippen molar-refractivity contribution in [3.05, 3.63) is 88.0 Å². The summed E-state index contributed by atoms with van der Waals surface area (Å²) in [5, 5.41) is 6.17. The molecule has 0 fully saturated rings. The number of dihydropyridines is 1. The van der Waals surface area contributed by atoms with Crippen LogP contribution in [-0.4, -0.2) is 11.7 Å². The molecule has 4 nitrogen and oxygen atoms in total. The number of carbonyl (C=O) groups is 2. The zero-order chi connectivity index (χ0) is 20.5. The van der Waals surface area contributed by atoms with E-state index in [1.54, 1.807) is 0 Å². The minimum Gasteiger partial charge on any atom is -0.362 e. The minimum absolute atomic E-state index is 0.0894. The van der Waals surface area contributed by atoms with Gasteiger partial charge in [0, 0.05) is 40.6 Å². The average Bonchev–Trinajstić information content (AvgIpc) is 2.69. The number of benzene rings is 2. The number of hydrogen-bond donors (Lipinski definition) is 2. The predicted octanol–water partition coefficient (Wildman–Crippen LogP) is 4.74. The number of amides is 1. The van der Waals surface area contributed by atoms with Crippen LogP contribution in [0, 0.1) is 12.7 Å². The monoisotopic (exact) mass is 390 g/mol. The summed E-state index contributed by atoms with van der Waals surface area (Å²) in [4.78, 5) is 26.2. The molecule has 5 heteroatoms. The lowest BCUT2D eigenvalue weighted by Gasteiger charge is -2.35. The van der Waals surface area contributed by atoms with E-state index in [9.17, 15) is 14.0 Å². The van der Waals surface area contributed by atoms with Crippen LogP contribution in [0.25, 0.3) is 0 Å². The molecule has 0 aromatic heterocycles. The fraction of sp³-hybridized carbons (Fsp3) is 0.250. The van der Waals surface area contributed by atoms with Gasteiger partial charge in [-0.15, -0.1) is 0 Å². The first-order valence-corrected chi connectivity index (χ1v) is 9.82. The molecule has 148 valence electrons. The van der Waals surface area contributed by atoms with E-state index in [0.29, 0.717) is 23.3 Å². The topological polar surface area (TPSA) is 58.2 Å². The molecule has 1 aliphatic heterocycles. The second kappa shape index (κ2) is 7.66. The standard InChI is InChI=1S/C24H23FN2O2/c1-14-6-3-4-7-18(14)22-21(24(29)27-17-12-10-16(25)11-13-17)15(2)26-19-8-5-9-20(28)23(19)22/h3-4,6-7,10-13,22,26H,5,8-9H2,1-2H3,(H,27,29)/t22-/m1/s1. The van der Waals surface area contributed by atoms with Crippen LogP contribution in [0.15, 0.2) is 71.1 Å². The summed E-state index contributed by atoms with van der Waals surface area (Å²) in [5.41, 5.74) is 5.38. The lowest BCUT2D eigenvalue weighted by molar-refractivity contribution is -0.116. The van der Waals surface area contributed by atoms with Gasteiger partial charge in [0.15, 0.2) is 5.78 Å². The fourth-order valence-electron chi connectivity index (χ4n) is 4.24. The Hall–Kier alpha value is -3.21. The van der Waals surface area contributed by atoms with Gasteiger partial charge in [-0.2, -0.15) is 0 Å². The molecule has 1 heterocycles. The summed E-state index contributed by atoms with van der Waals surface area (Å²) in [6.07, 6.45) is 2.11. The van der Waals surface area contributed by atoms with E-state index in [0.717, 1.165) is 35.4 Å².